The summed E-state index contributed by atoms with van der Waals surface area (Å²) < 4.78 is 37.9. The van der Waals surface area contributed by atoms with Crippen LogP contribution in [0.5, 0.6) is 0 Å². The van der Waals surface area contributed by atoms with Gasteiger partial charge in [-0.1, -0.05) is 22.6 Å². The lowest BCUT2D eigenvalue weighted by Crippen LogP contribution is -2.32. The first kappa shape index (κ1) is 11.1. The van der Waals surface area contributed by atoms with Gasteiger partial charge in [-0.3, -0.25) is 4.18 Å². The predicted molar refractivity (Wildman–Crippen MR) is 57.0 cm³/mol. The third-order valence-electron chi connectivity index (χ3n) is 2.25. The first-order valence-electron chi connectivity index (χ1n) is 4.23. The van der Waals surface area contributed by atoms with E-state index in [9.17, 15) is 8.42 Å². The zero-order valence-corrected chi connectivity index (χ0v) is 10.5. The molecule has 2 heterocycles. The van der Waals surface area contributed by atoms with Crippen LogP contribution in [0.25, 0.3) is 0 Å². The highest BCUT2D eigenvalue weighted by Crippen LogP contribution is 2.33. The van der Waals surface area contributed by atoms with Gasteiger partial charge in [-0.25, -0.2) is 0 Å². The van der Waals surface area contributed by atoms with Crippen LogP contribution in [-0.2, 0) is 23.8 Å². The maximum atomic E-state index is 10.9. The Balaban J connectivity index is 2.04. The van der Waals surface area contributed by atoms with Crippen LogP contribution in [-0.4, -0.2) is 50.1 Å². The van der Waals surface area contributed by atoms with E-state index in [1.54, 1.807) is 0 Å². The maximum absolute atomic E-state index is 10.9. The largest absolute Gasteiger partial charge is 0.371 e. The number of alkyl halides is 1. The molecule has 0 aromatic rings. The number of rotatable bonds is 2. The number of fused-ring (bicyclic) bond motifs is 1. The summed E-state index contributed by atoms with van der Waals surface area (Å²) in [5, 5.41) is 0. The highest BCUT2D eigenvalue weighted by atomic mass is 127. The molecule has 14 heavy (non-hydrogen) atoms. The molecule has 0 aromatic carbocycles. The summed E-state index contributed by atoms with van der Waals surface area (Å²) in [5.41, 5.74) is 0. The van der Waals surface area contributed by atoms with Crippen LogP contribution < -0.4 is 0 Å². The average molecular weight is 334 g/mol. The predicted octanol–water partition coefficient (Wildman–Crippen LogP) is -0.0676. The number of hydrogen-bond donors (Lipinski definition) is 0. The minimum absolute atomic E-state index is 0.0256. The monoisotopic (exact) mass is 334 g/mol. The van der Waals surface area contributed by atoms with Gasteiger partial charge in [0.25, 0.3) is 10.1 Å². The van der Waals surface area contributed by atoms with Crippen molar-refractivity contribution in [1.29, 1.82) is 0 Å². The van der Waals surface area contributed by atoms with E-state index >= 15 is 0 Å². The summed E-state index contributed by atoms with van der Waals surface area (Å²) in [6.07, 6.45) is 0.306. The first-order valence-corrected chi connectivity index (χ1v) is 7.29. The molecule has 0 spiro atoms. The molecule has 0 saturated carbocycles. The second-order valence-corrected chi connectivity index (χ2v) is 6.65. The summed E-state index contributed by atoms with van der Waals surface area (Å²) in [6, 6.07) is 0. The number of ether oxygens (including phenoxy) is 2. The second-order valence-electron chi connectivity index (χ2n) is 3.45. The molecule has 4 atom stereocenters. The van der Waals surface area contributed by atoms with E-state index in [4.69, 9.17) is 13.7 Å². The normalized spacial score (nSPS) is 42.7. The van der Waals surface area contributed by atoms with Crippen molar-refractivity contribution in [3.8, 4) is 0 Å². The van der Waals surface area contributed by atoms with Gasteiger partial charge >= 0.3 is 0 Å². The van der Waals surface area contributed by atoms with E-state index in [0.29, 0.717) is 13.2 Å². The lowest BCUT2D eigenvalue weighted by molar-refractivity contribution is 0.0341. The highest BCUT2D eigenvalue weighted by molar-refractivity contribution is 14.1. The molecule has 2 fully saturated rings. The van der Waals surface area contributed by atoms with Crippen molar-refractivity contribution >= 4 is 32.7 Å². The summed E-state index contributed by atoms with van der Waals surface area (Å²) in [5.74, 6) is 0. The van der Waals surface area contributed by atoms with E-state index in [1.165, 1.54) is 0 Å². The van der Waals surface area contributed by atoms with Gasteiger partial charge in [-0.2, -0.15) is 8.42 Å². The van der Waals surface area contributed by atoms with Gasteiger partial charge in [0.2, 0.25) is 0 Å². The Morgan fingerprint density at radius 1 is 1.29 bits per heavy atom. The van der Waals surface area contributed by atoms with Gasteiger partial charge in [-0.05, 0) is 0 Å². The zero-order valence-electron chi connectivity index (χ0n) is 7.55. The SMILES string of the molecule is CS(=O)(=O)O[C@H]1CO[C@H]2[C@@H]1OC[C@@H]2I. The Bertz CT molecular complexity index is 316. The van der Waals surface area contributed by atoms with Gasteiger partial charge in [0, 0.05) is 0 Å². The van der Waals surface area contributed by atoms with Crippen molar-refractivity contribution in [3.63, 3.8) is 0 Å². The van der Waals surface area contributed by atoms with E-state index in [-0.39, 0.29) is 16.1 Å². The van der Waals surface area contributed by atoms with Crippen LogP contribution in [0.2, 0.25) is 0 Å². The summed E-state index contributed by atoms with van der Waals surface area (Å²) in [4.78, 5) is 0. The molecule has 2 rings (SSSR count). The minimum Gasteiger partial charge on any atom is -0.371 e. The molecule has 2 saturated heterocycles. The Morgan fingerprint density at radius 3 is 2.57 bits per heavy atom. The van der Waals surface area contributed by atoms with Crippen molar-refractivity contribution in [1.82, 2.24) is 0 Å². The summed E-state index contributed by atoms with van der Waals surface area (Å²) in [7, 11) is -3.43. The molecule has 2 aliphatic rings. The van der Waals surface area contributed by atoms with Crippen LogP contribution in [0.3, 0.4) is 0 Å². The molecular weight excluding hydrogens is 323 g/mol. The molecule has 0 radical (unpaired) electrons. The molecule has 82 valence electrons. The summed E-state index contributed by atoms with van der Waals surface area (Å²) in [6.45, 7) is 0.890. The molecular formula is C7H11IO5S. The van der Waals surface area contributed by atoms with E-state index in [1.807, 2.05) is 0 Å². The highest BCUT2D eigenvalue weighted by Gasteiger charge is 2.48. The van der Waals surface area contributed by atoms with Crippen LogP contribution in [0.4, 0.5) is 0 Å². The molecule has 0 unspecified atom stereocenters. The molecule has 0 bridgehead atoms. The van der Waals surface area contributed by atoms with Crippen molar-refractivity contribution in [2.24, 2.45) is 0 Å². The van der Waals surface area contributed by atoms with E-state index < -0.39 is 16.2 Å². The van der Waals surface area contributed by atoms with Gasteiger partial charge in [0.05, 0.1) is 23.4 Å². The molecule has 2 aliphatic heterocycles. The minimum atomic E-state index is -3.43. The van der Waals surface area contributed by atoms with Gasteiger partial charge in [-0.15, -0.1) is 0 Å². The Hall–Kier alpha value is 0.560. The number of halogens is 1. The lowest BCUT2D eigenvalue weighted by atomic mass is 10.1. The molecule has 7 heteroatoms. The first-order chi connectivity index (χ1) is 6.47. The van der Waals surface area contributed by atoms with Crippen molar-refractivity contribution in [2.45, 2.75) is 22.2 Å². The average Bonchev–Trinajstić information content (AvgIpc) is 2.55. The fourth-order valence-electron chi connectivity index (χ4n) is 1.72. The fraction of sp³-hybridized carbons (Fsp3) is 1.00. The van der Waals surface area contributed by atoms with Gasteiger partial charge in [0.1, 0.15) is 18.3 Å². The van der Waals surface area contributed by atoms with E-state index in [2.05, 4.69) is 22.6 Å². The van der Waals surface area contributed by atoms with Crippen LogP contribution in [0, 0.1) is 0 Å². The Morgan fingerprint density at radius 2 is 1.93 bits per heavy atom. The van der Waals surface area contributed by atoms with E-state index in [0.717, 1.165) is 6.26 Å². The smallest absolute Gasteiger partial charge is 0.264 e. The molecule has 0 aliphatic carbocycles. The number of hydrogen-bond acceptors (Lipinski definition) is 5. The molecule has 0 aromatic heterocycles. The van der Waals surface area contributed by atoms with Gasteiger partial charge < -0.3 is 9.47 Å². The molecule has 0 N–H and O–H groups in total. The van der Waals surface area contributed by atoms with Crippen LogP contribution in [0.1, 0.15) is 0 Å². The second kappa shape index (κ2) is 3.85. The standard InChI is InChI=1S/C7H11IO5S/c1-14(9,10)13-5-3-12-6-4(8)2-11-7(5)6/h4-7H,2-3H2,1H3/t4-,5-,6+,7+/m0/s1. The quantitative estimate of drug-likeness (QED) is 0.402. The summed E-state index contributed by atoms with van der Waals surface area (Å²) >= 11 is 2.24. The lowest BCUT2D eigenvalue weighted by Gasteiger charge is -2.14. The van der Waals surface area contributed by atoms with Crippen molar-refractivity contribution in [2.75, 3.05) is 19.5 Å². The van der Waals surface area contributed by atoms with Crippen molar-refractivity contribution < 1.29 is 22.1 Å². The zero-order chi connectivity index (χ0) is 10.3. The third-order valence-corrected chi connectivity index (χ3v) is 3.91. The molecule has 0 amide bonds. The topological polar surface area (TPSA) is 61.8 Å². The fourth-order valence-corrected chi connectivity index (χ4v) is 3.16. The third kappa shape index (κ3) is 2.21. The van der Waals surface area contributed by atoms with Crippen LogP contribution >= 0.6 is 22.6 Å². The van der Waals surface area contributed by atoms with Gasteiger partial charge in [0.15, 0.2) is 0 Å². The van der Waals surface area contributed by atoms with Crippen molar-refractivity contribution in [3.05, 3.63) is 0 Å². The Labute approximate surface area is 96.4 Å². The Kier molecular flexibility index (Phi) is 3.04. The van der Waals surface area contributed by atoms with Crippen LogP contribution in [0.15, 0.2) is 0 Å². The molecule has 5 nitrogen and oxygen atoms in total. The maximum Gasteiger partial charge on any atom is 0.264 e.